The molecule has 0 saturated carbocycles. The highest BCUT2D eigenvalue weighted by molar-refractivity contribution is 9.10. The van der Waals surface area contributed by atoms with E-state index in [1.165, 1.54) is 0 Å². The lowest BCUT2D eigenvalue weighted by atomic mass is 9.86. The Morgan fingerprint density at radius 2 is 1.59 bits per heavy atom. The van der Waals surface area contributed by atoms with Gasteiger partial charge in [0.1, 0.15) is 5.75 Å². The fourth-order valence-electron chi connectivity index (χ4n) is 3.45. The lowest BCUT2D eigenvalue weighted by Crippen LogP contribution is -2.51. The molecular weight excluding hydrogens is 480 g/mol. The van der Waals surface area contributed by atoms with Crippen LogP contribution in [0.15, 0.2) is 22.7 Å². The summed E-state index contributed by atoms with van der Waals surface area (Å²) in [5.41, 5.74) is -0.271. The van der Waals surface area contributed by atoms with E-state index in [1.807, 2.05) is 19.1 Å². The van der Waals surface area contributed by atoms with E-state index in [0.717, 1.165) is 16.5 Å². The molecule has 0 radical (unpaired) electrons. The second kappa shape index (κ2) is 12.2. The Morgan fingerprint density at radius 3 is 2.12 bits per heavy atom. The number of esters is 2. The third-order valence-corrected chi connectivity index (χ3v) is 6.39. The van der Waals surface area contributed by atoms with Crippen LogP contribution >= 0.6 is 15.9 Å². The molecule has 0 bridgehead atoms. The first-order valence-corrected chi connectivity index (χ1v) is 11.9. The molecule has 32 heavy (non-hydrogen) atoms. The number of carbonyl (C=O) groups is 3. The predicted octanol–water partition coefficient (Wildman–Crippen LogP) is 3.65. The summed E-state index contributed by atoms with van der Waals surface area (Å²) < 4.78 is 16.8. The summed E-state index contributed by atoms with van der Waals surface area (Å²) in [6, 6.07) is 5.51. The number of carbonyl (C=O) groups excluding carboxylic acids is 3. The van der Waals surface area contributed by atoms with Crippen molar-refractivity contribution in [2.24, 2.45) is 5.41 Å². The van der Waals surface area contributed by atoms with Gasteiger partial charge in [-0.05, 0) is 63.9 Å². The van der Waals surface area contributed by atoms with Crippen LogP contribution in [0.3, 0.4) is 0 Å². The van der Waals surface area contributed by atoms with Gasteiger partial charge in [0, 0.05) is 30.7 Å². The maximum atomic E-state index is 12.5. The number of benzene rings is 1. The zero-order chi connectivity index (χ0) is 23.7. The van der Waals surface area contributed by atoms with Crippen LogP contribution in [0.5, 0.6) is 5.75 Å². The molecular formula is C23H33BrN2O6. The minimum absolute atomic E-state index is 0.201. The largest absolute Gasteiger partial charge is 0.465 e. The first kappa shape index (κ1) is 26.1. The van der Waals surface area contributed by atoms with Crippen LogP contribution in [-0.2, 0) is 25.5 Å². The van der Waals surface area contributed by atoms with Crippen molar-refractivity contribution in [2.75, 3.05) is 45.9 Å². The van der Waals surface area contributed by atoms with E-state index in [1.54, 1.807) is 31.7 Å². The van der Waals surface area contributed by atoms with Crippen LogP contribution in [0.4, 0.5) is 4.79 Å². The summed E-state index contributed by atoms with van der Waals surface area (Å²) in [4.78, 5) is 41.2. The first-order valence-electron chi connectivity index (χ1n) is 11.1. The van der Waals surface area contributed by atoms with Crippen LogP contribution in [-0.4, -0.2) is 73.8 Å². The summed E-state index contributed by atoms with van der Waals surface area (Å²) in [5, 5.41) is 0. The third kappa shape index (κ3) is 6.68. The molecule has 1 fully saturated rings. The molecule has 9 heteroatoms. The zero-order valence-corrected chi connectivity index (χ0v) is 20.9. The number of halogens is 1. The van der Waals surface area contributed by atoms with Crippen LogP contribution in [0.1, 0.15) is 39.7 Å². The van der Waals surface area contributed by atoms with Crippen LogP contribution in [0.2, 0.25) is 0 Å². The van der Waals surface area contributed by atoms with E-state index in [9.17, 15) is 14.4 Å². The average Bonchev–Trinajstić information content (AvgIpc) is 2.79. The number of ether oxygens (including phenoxy) is 3. The van der Waals surface area contributed by atoms with E-state index in [0.29, 0.717) is 38.5 Å². The molecule has 0 aromatic heterocycles. The van der Waals surface area contributed by atoms with Gasteiger partial charge in [-0.15, -0.1) is 0 Å². The minimum atomic E-state index is -1.35. The first-order chi connectivity index (χ1) is 15.2. The van der Waals surface area contributed by atoms with Crippen molar-refractivity contribution in [1.29, 1.82) is 0 Å². The van der Waals surface area contributed by atoms with Crippen molar-refractivity contribution < 1.29 is 28.6 Å². The molecule has 1 saturated heterocycles. The van der Waals surface area contributed by atoms with Gasteiger partial charge in [0.25, 0.3) is 0 Å². The Morgan fingerprint density at radius 1 is 1.00 bits per heavy atom. The number of hydrogen-bond acceptors (Lipinski definition) is 7. The molecule has 1 amide bonds. The van der Waals surface area contributed by atoms with Gasteiger partial charge in [0.2, 0.25) is 0 Å². The normalized spacial score (nSPS) is 14.7. The summed E-state index contributed by atoms with van der Waals surface area (Å²) >= 11 is 3.49. The monoisotopic (exact) mass is 512 g/mol. The standard InChI is InChI=1S/C23H33BrN2O6/c1-5-17-16-18(8-9-19(17)24)32-22(29)26-14-12-25(13-15-26)11-10-23(4,20(27)30-6-2)21(28)31-7-3/h8-9,16H,5-7,10-15H2,1-4H3. The quantitative estimate of drug-likeness (QED) is 0.368. The van der Waals surface area contributed by atoms with E-state index in [-0.39, 0.29) is 25.7 Å². The SMILES string of the molecule is CCOC(=O)C(C)(CCN1CCN(C(=O)Oc2ccc(Br)c(CC)c2)CC1)C(=O)OCC. The molecule has 0 spiro atoms. The fraction of sp³-hybridized carbons (Fsp3) is 0.609. The van der Waals surface area contributed by atoms with E-state index in [4.69, 9.17) is 14.2 Å². The van der Waals surface area contributed by atoms with Gasteiger partial charge >= 0.3 is 18.0 Å². The molecule has 0 aliphatic carbocycles. The third-order valence-electron chi connectivity index (χ3n) is 5.61. The van der Waals surface area contributed by atoms with Crippen molar-refractivity contribution in [3.8, 4) is 5.75 Å². The topological polar surface area (TPSA) is 85.4 Å². The molecule has 1 aliphatic rings. The number of amides is 1. The van der Waals surface area contributed by atoms with E-state index >= 15 is 0 Å². The maximum absolute atomic E-state index is 12.5. The molecule has 178 valence electrons. The summed E-state index contributed by atoms with van der Waals surface area (Å²) in [6.45, 7) is 10.2. The number of nitrogens with zero attached hydrogens (tertiary/aromatic N) is 2. The Balaban J connectivity index is 1.89. The van der Waals surface area contributed by atoms with E-state index in [2.05, 4.69) is 20.8 Å². The molecule has 8 nitrogen and oxygen atoms in total. The highest BCUT2D eigenvalue weighted by Crippen LogP contribution is 2.27. The Hall–Kier alpha value is -2.13. The molecule has 1 heterocycles. The molecule has 1 aromatic rings. The Kier molecular flexibility index (Phi) is 9.96. The molecule has 0 unspecified atom stereocenters. The molecule has 1 aliphatic heterocycles. The van der Waals surface area contributed by atoms with Crippen LogP contribution < -0.4 is 4.74 Å². The summed E-state index contributed by atoms with van der Waals surface area (Å²) in [7, 11) is 0. The van der Waals surface area contributed by atoms with Gasteiger partial charge in [-0.1, -0.05) is 22.9 Å². The molecule has 0 atom stereocenters. The number of rotatable bonds is 9. The Labute approximate surface area is 198 Å². The zero-order valence-electron chi connectivity index (χ0n) is 19.3. The average molecular weight is 513 g/mol. The number of aryl methyl sites for hydroxylation is 1. The van der Waals surface area contributed by atoms with Crippen molar-refractivity contribution >= 4 is 34.0 Å². The number of hydrogen-bond donors (Lipinski definition) is 0. The van der Waals surface area contributed by atoms with Gasteiger partial charge in [-0.3, -0.25) is 14.5 Å². The van der Waals surface area contributed by atoms with Gasteiger partial charge in [-0.2, -0.15) is 0 Å². The smallest absolute Gasteiger partial charge is 0.415 e. The van der Waals surface area contributed by atoms with Gasteiger partial charge < -0.3 is 19.1 Å². The van der Waals surface area contributed by atoms with Gasteiger partial charge in [-0.25, -0.2) is 4.79 Å². The highest BCUT2D eigenvalue weighted by Gasteiger charge is 2.44. The highest BCUT2D eigenvalue weighted by atomic mass is 79.9. The van der Waals surface area contributed by atoms with Crippen molar-refractivity contribution in [2.45, 2.75) is 40.5 Å². The Bertz CT molecular complexity index is 790. The van der Waals surface area contributed by atoms with Crippen molar-refractivity contribution in [1.82, 2.24) is 9.80 Å². The minimum Gasteiger partial charge on any atom is -0.465 e. The lowest BCUT2D eigenvalue weighted by molar-refractivity contribution is -0.171. The van der Waals surface area contributed by atoms with Crippen molar-refractivity contribution in [3.63, 3.8) is 0 Å². The summed E-state index contributed by atoms with van der Waals surface area (Å²) in [6.07, 6.45) is 0.742. The van der Waals surface area contributed by atoms with Crippen LogP contribution in [0, 0.1) is 5.41 Å². The second-order valence-corrected chi connectivity index (χ2v) is 8.68. The number of piperazine rings is 1. The molecule has 0 N–H and O–H groups in total. The molecule has 2 rings (SSSR count). The van der Waals surface area contributed by atoms with Gasteiger partial charge in [0.05, 0.1) is 13.2 Å². The van der Waals surface area contributed by atoms with Gasteiger partial charge in [0.15, 0.2) is 5.41 Å². The van der Waals surface area contributed by atoms with Crippen LogP contribution in [0.25, 0.3) is 0 Å². The summed E-state index contributed by atoms with van der Waals surface area (Å²) in [5.74, 6) is -0.611. The molecule has 1 aromatic carbocycles. The maximum Gasteiger partial charge on any atom is 0.415 e. The lowest BCUT2D eigenvalue weighted by Gasteiger charge is -2.35. The predicted molar refractivity (Wildman–Crippen MR) is 124 cm³/mol. The fourth-order valence-corrected chi connectivity index (χ4v) is 3.98. The van der Waals surface area contributed by atoms with Crippen molar-refractivity contribution in [3.05, 3.63) is 28.2 Å². The second-order valence-electron chi connectivity index (χ2n) is 7.83. The van der Waals surface area contributed by atoms with E-state index < -0.39 is 17.4 Å².